The molecule has 4 amide bonds. The van der Waals surface area contributed by atoms with Gasteiger partial charge in [-0.3, -0.25) is 19.8 Å². The molecule has 202 valence electrons. The van der Waals surface area contributed by atoms with Crippen molar-refractivity contribution < 1.29 is 32.3 Å². The van der Waals surface area contributed by atoms with Crippen molar-refractivity contribution in [1.82, 2.24) is 19.5 Å². The number of rotatable bonds is 10. The third-order valence-corrected chi connectivity index (χ3v) is 6.72. The Morgan fingerprint density at radius 1 is 1.16 bits per heavy atom. The molecule has 0 atom stereocenters. The minimum absolute atomic E-state index is 0.0217. The first-order chi connectivity index (χ1) is 17.6. The van der Waals surface area contributed by atoms with E-state index in [2.05, 4.69) is 19.9 Å². The summed E-state index contributed by atoms with van der Waals surface area (Å²) < 4.78 is 50.7. The number of carbonyl (C=O) groups is 3. The summed E-state index contributed by atoms with van der Waals surface area (Å²) in [6.07, 6.45) is 1.54. The first-order valence-electron chi connectivity index (χ1n) is 11.3. The Kier molecular flexibility index (Phi) is 9.94. The molecule has 0 radical (unpaired) electrons. The number of nitrogens with zero attached hydrogens (tertiary/aromatic N) is 3. The molecule has 0 bridgehead atoms. The molecule has 0 aliphatic carbocycles. The predicted octanol–water partition coefficient (Wildman–Crippen LogP) is 2.96. The van der Waals surface area contributed by atoms with Gasteiger partial charge in [0, 0.05) is 39.6 Å². The van der Waals surface area contributed by atoms with Crippen molar-refractivity contribution in [2.45, 2.75) is 26.4 Å². The predicted molar refractivity (Wildman–Crippen MR) is 131 cm³/mol. The van der Waals surface area contributed by atoms with Crippen LogP contribution in [0.2, 0.25) is 5.02 Å². The molecule has 1 aliphatic heterocycles. The lowest BCUT2D eigenvalue weighted by atomic mass is 10.2. The number of hydrogen-bond acceptors (Lipinski definition) is 7. The van der Waals surface area contributed by atoms with Gasteiger partial charge in [0.25, 0.3) is 5.91 Å². The number of piperazine rings is 1. The van der Waals surface area contributed by atoms with E-state index < -0.39 is 46.6 Å². The molecule has 1 saturated heterocycles. The lowest BCUT2D eigenvalue weighted by Gasteiger charge is -2.34. The largest absolute Gasteiger partial charge is 0.471 e. The van der Waals surface area contributed by atoms with E-state index in [4.69, 9.17) is 22.1 Å². The highest BCUT2D eigenvalue weighted by Gasteiger charge is 2.24. The summed E-state index contributed by atoms with van der Waals surface area (Å²) >= 11 is 6.08. The summed E-state index contributed by atoms with van der Waals surface area (Å²) in [5, 5.41) is 4.37. The van der Waals surface area contributed by atoms with Crippen LogP contribution in [0.4, 0.5) is 23.0 Å². The topological polar surface area (TPSA) is 130 Å². The molecule has 1 aliphatic rings. The van der Waals surface area contributed by atoms with Gasteiger partial charge in [-0.1, -0.05) is 11.6 Å². The Morgan fingerprint density at radius 3 is 2.51 bits per heavy atom. The summed E-state index contributed by atoms with van der Waals surface area (Å²) in [7, 11) is 0. The summed E-state index contributed by atoms with van der Waals surface area (Å²) in [5.41, 5.74) is 4.32. The van der Waals surface area contributed by atoms with Gasteiger partial charge in [0.05, 0.1) is 10.6 Å². The van der Waals surface area contributed by atoms with E-state index in [1.165, 1.54) is 0 Å². The van der Waals surface area contributed by atoms with Gasteiger partial charge < -0.3 is 20.7 Å². The van der Waals surface area contributed by atoms with Crippen molar-refractivity contribution in [3.8, 4) is 5.88 Å². The van der Waals surface area contributed by atoms with Crippen LogP contribution in [0.15, 0.2) is 6.07 Å². The maximum absolute atomic E-state index is 14.0. The molecule has 0 saturated carbocycles. The van der Waals surface area contributed by atoms with Crippen LogP contribution in [-0.2, 0) is 11.4 Å². The van der Waals surface area contributed by atoms with Crippen molar-refractivity contribution >= 4 is 46.0 Å². The molecule has 4 N–H and O–H groups in total. The highest BCUT2D eigenvalue weighted by atomic mass is 35.5. The van der Waals surface area contributed by atoms with E-state index in [0.29, 0.717) is 43.7 Å². The Hall–Kier alpha value is -3.10. The van der Waals surface area contributed by atoms with Crippen molar-refractivity contribution in [2.24, 2.45) is 5.73 Å². The molecule has 37 heavy (non-hydrogen) atoms. The second-order valence-electron chi connectivity index (χ2n) is 8.23. The maximum atomic E-state index is 14.0. The lowest BCUT2D eigenvalue weighted by Crippen LogP contribution is -2.48. The molecule has 10 nitrogen and oxygen atoms in total. The third kappa shape index (κ3) is 7.46. The number of ether oxygens (including phenoxy) is 1. The van der Waals surface area contributed by atoms with Gasteiger partial charge in [-0.2, -0.15) is 4.37 Å². The first-order valence-corrected chi connectivity index (χ1v) is 12.5. The van der Waals surface area contributed by atoms with Crippen molar-refractivity contribution in [3.63, 3.8) is 0 Å². The van der Waals surface area contributed by atoms with Gasteiger partial charge in [-0.15, -0.1) is 0 Å². The first kappa shape index (κ1) is 28.5. The third-order valence-electron chi connectivity index (χ3n) is 5.70. The average molecular weight is 563 g/mol. The van der Waals surface area contributed by atoms with Crippen LogP contribution in [-0.4, -0.2) is 71.3 Å². The van der Waals surface area contributed by atoms with Crippen molar-refractivity contribution in [3.05, 3.63) is 39.7 Å². The number of urea groups is 1. The van der Waals surface area contributed by atoms with Gasteiger partial charge >= 0.3 is 6.03 Å². The van der Waals surface area contributed by atoms with E-state index >= 15 is 0 Å². The van der Waals surface area contributed by atoms with Crippen LogP contribution >= 0.6 is 23.1 Å². The van der Waals surface area contributed by atoms with E-state index in [0.717, 1.165) is 26.1 Å². The Balaban J connectivity index is 1.47. The zero-order valence-corrected chi connectivity index (χ0v) is 21.5. The fraction of sp³-hybridized carbons (Fsp3) is 0.455. The minimum atomic E-state index is -1.53. The Labute approximate surface area is 220 Å². The molecule has 0 spiro atoms. The normalized spacial score (nSPS) is 13.9. The SMILES string of the molecule is CC(=O)N1CCN(CCCCNC(=O)Nc2snc(OCc3c(F)cc(Cl)c(F)c3F)c2C(N)=O)CC1. The van der Waals surface area contributed by atoms with E-state index in [9.17, 15) is 27.6 Å². The molecule has 1 fully saturated rings. The zero-order valence-electron chi connectivity index (χ0n) is 19.9. The molecule has 1 aromatic carbocycles. The second-order valence-corrected chi connectivity index (χ2v) is 9.41. The average Bonchev–Trinajstić information content (AvgIpc) is 3.25. The number of anilines is 1. The maximum Gasteiger partial charge on any atom is 0.319 e. The van der Waals surface area contributed by atoms with E-state index in [-0.39, 0.29) is 22.4 Å². The number of primary amides is 1. The molecule has 1 aromatic heterocycles. The smallest absolute Gasteiger partial charge is 0.319 e. The monoisotopic (exact) mass is 562 g/mol. The molecular formula is C22H26ClF3N6O4S. The quantitative estimate of drug-likeness (QED) is 0.232. The molecule has 2 heterocycles. The van der Waals surface area contributed by atoms with Crippen LogP contribution in [0.25, 0.3) is 0 Å². The molecular weight excluding hydrogens is 537 g/mol. The molecule has 3 rings (SSSR count). The number of amides is 4. The van der Waals surface area contributed by atoms with Gasteiger partial charge in [0.15, 0.2) is 11.6 Å². The molecule has 15 heteroatoms. The lowest BCUT2D eigenvalue weighted by molar-refractivity contribution is -0.130. The highest BCUT2D eigenvalue weighted by molar-refractivity contribution is 7.11. The van der Waals surface area contributed by atoms with Crippen LogP contribution in [0.1, 0.15) is 35.7 Å². The summed E-state index contributed by atoms with van der Waals surface area (Å²) in [6, 6.07) is -0.00902. The van der Waals surface area contributed by atoms with Crippen molar-refractivity contribution in [1.29, 1.82) is 0 Å². The number of carbonyl (C=O) groups excluding carboxylic acids is 3. The number of nitrogens with one attached hydrogen (secondary N) is 2. The van der Waals surface area contributed by atoms with Gasteiger partial charge in [-0.05, 0) is 37.0 Å². The molecule has 2 aromatic rings. The number of unbranched alkanes of at least 4 members (excludes halogenated alkanes) is 1. The standard InChI is InChI=1S/C22H26ClF3N6O4S/c1-12(33)32-8-6-31(7-9-32)5-3-2-4-28-22(35)29-21-16(19(27)34)20(30-37-21)36-11-13-15(24)10-14(23)18(26)17(13)25/h10H,2-9,11H2,1H3,(H2,27,34)(H2,28,29,35). The van der Waals surface area contributed by atoms with Crippen molar-refractivity contribution in [2.75, 3.05) is 44.6 Å². The van der Waals surface area contributed by atoms with Crippen LogP contribution < -0.4 is 21.1 Å². The van der Waals surface area contributed by atoms with Crippen LogP contribution in [0.5, 0.6) is 5.88 Å². The van der Waals surface area contributed by atoms with Gasteiger partial charge in [0.2, 0.25) is 11.8 Å². The fourth-order valence-corrected chi connectivity index (χ4v) is 4.56. The van der Waals surface area contributed by atoms with Gasteiger partial charge in [-0.25, -0.2) is 18.0 Å². The number of aromatic nitrogens is 1. The molecule has 0 unspecified atom stereocenters. The second kappa shape index (κ2) is 12.9. The fourth-order valence-electron chi connectivity index (χ4n) is 3.65. The highest BCUT2D eigenvalue weighted by Crippen LogP contribution is 2.31. The van der Waals surface area contributed by atoms with Crippen LogP contribution in [0, 0.1) is 17.5 Å². The Morgan fingerprint density at radius 2 is 1.86 bits per heavy atom. The van der Waals surface area contributed by atoms with Crippen LogP contribution in [0.3, 0.4) is 0 Å². The van der Waals surface area contributed by atoms with E-state index in [1.54, 1.807) is 6.92 Å². The minimum Gasteiger partial charge on any atom is -0.471 e. The number of nitrogens with two attached hydrogens (primary N) is 1. The Bertz CT molecular complexity index is 1160. The summed E-state index contributed by atoms with van der Waals surface area (Å²) in [5.74, 6) is -5.40. The van der Waals surface area contributed by atoms with E-state index in [1.807, 2.05) is 4.90 Å². The summed E-state index contributed by atoms with van der Waals surface area (Å²) in [4.78, 5) is 39.6. The number of hydrogen-bond donors (Lipinski definition) is 3. The number of halogens is 4. The van der Waals surface area contributed by atoms with Gasteiger partial charge in [0.1, 0.15) is 23.0 Å². The summed E-state index contributed by atoms with van der Waals surface area (Å²) in [6.45, 7) is 5.01. The zero-order chi connectivity index (χ0) is 27.1. The number of benzene rings is 1.